The van der Waals surface area contributed by atoms with Gasteiger partial charge >= 0.3 is 0 Å². The molecular weight excluding hydrogens is 443 g/mol. The van der Waals surface area contributed by atoms with E-state index >= 15 is 0 Å². The molecule has 1 aromatic heterocycles. The summed E-state index contributed by atoms with van der Waals surface area (Å²) in [4.78, 5) is 21.0. The first kappa shape index (κ1) is 22.6. The summed E-state index contributed by atoms with van der Waals surface area (Å²) >= 11 is 0. The van der Waals surface area contributed by atoms with Crippen LogP contribution in [0.4, 0.5) is 4.39 Å². The Labute approximate surface area is 205 Å². The molecule has 0 radical (unpaired) electrons. The summed E-state index contributed by atoms with van der Waals surface area (Å²) in [5.41, 5.74) is 4.29. The first-order valence-electron chi connectivity index (χ1n) is 12.9. The molecular formula is C28H33FN4O2. The lowest BCUT2D eigenvalue weighted by Gasteiger charge is -2.38. The monoisotopic (exact) mass is 476 g/mol. The average molecular weight is 477 g/mol. The first-order chi connectivity index (χ1) is 17.2. The maximum Gasteiger partial charge on any atom is 0.270 e. The van der Waals surface area contributed by atoms with Gasteiger partial charge in [0.1, 0.15) is 11.5 Å². The van der Waals surface area contributed by atoms with Crippen LogP contribution in [0.25, 0.3) is 10.9 Å². The van der Waals surface area contributed by atoms with Crippen LogP contribution < -0.4 is 5.32 Å². The molecule has 2 fully saturated rings. The number of allylic oxidation sites excluding steroid dienone is 2. The maximum atomic E-state index is 13.6. The number of amides is 1. The zero-order chi connectivity index (χ0) is 23.8. The fourth-order valence-electron chi connectivity index (χ4n) is 6.05. The van der Waals surface area contributed by atoms with Crippen LogP contribution in [0.5, 0.6) is 0 Å². The lowest BCUT2D eigenvalue weighted by Crippen LogP contribution is -2.50. The van der Waals surface area contributed by atoms with Crippen molar-refractivity contribution in [3.63, 3.8) is 0 Å². The van der Waals surface area contributed by atoms with E-state index in [0.29, 0.717) is 37.4 Å². The molecule has 6 nitrogen and oxygen atoms in total. The topological polar surface area (TPSA) is 60.6 Å². The number of rotatable bonds is 5. The largest absolute Gasteiger partial charge is 0.384 e. The van der Waals surface area contributed by atoms with Crippen molar-refractivity contribution in [2.45, 2.75) is 37.8 Å². The van der Waals surface area contributed by atoms with Crippen LogP contribution in [-0.2, 0) is 4.74 Å². The Bertz CT molecular complexity index is 1190. The molecule has 1 unspecified atom stereocenters. The molecule has 1 amide bonds. The standard InChI is InChI=1S/C28H33FN4O2/c29-21-5-6-25-20(15-21)16-27(31-25)28(34)33-13-14-35-18-22(33)9-12-32-10-7-19(8-11-32)24-17-30-26-4-2-1-3-23(24)26/h1-3,5-6,15-17,19,22,26,30-31H,4,7-14,18H2/t22-,26?/m1/s1. The smallest absolute Gasteiger partial charge is 0.270 e. The second-order valence-corrected chi connectivity index (χ2v) is 10.2. The van der Waals surface area contributed by atoms with E-state index in [-0.39, 0.29) is 17.8 Å². The van der Waals surface area contributed by atoms with Crippen LogP contribution in [0, 0.1) is 11.7 Å². The van der Waals surface area contributed by atoms with Gasteiger partial charge in [-0.25, -0.2) is 4.39 Å². The number of carbonyl (C=O) groups excluding carboxylic acids is 1. The van der Waals surface area contributed by atoms with Crippen LogP contribution in [0.1, 0.15) is 36.2 Å². The molecule has 3 aliphatic heterocycles. The number of piperidine rings is 1. The number of H-pyrrole nitrogens is 1. The van der Waals surface area contributed by atoms with Gasteiger partial charge in [-0.15, -0.1) is 0 Å². The zero-order valence-corrected chi connectivity index (χ0v) is 20.0. The fourth-order valence-corrected chi connectivity index (χ4v) is 6.05. The average Bonchev–Trinajstić information content (AvgIpc) is 3.52. The van der Waals surface area contributed by atoms with Gasteiger partial charge in [-0.2, -0.15) is 0 Å². The number of morpholine rings is 1. The molecule has 1 aromatic carbocycles. The second-order valence-electron chi connectivity index (χ2n) is 10.2. The molecule has 7 heteroatoms. The molecule has 2 saturated heterocycles. The van der Waals surface area contributed by atoms with Crippen molar-refractivity contribution in [1.82, 2.24) is 20.1 Å². The van der Waals surface area contributed by atoms with Gasteiger partial charge in [0.05, 0.1) is 25.3 Å². The van der Waals surface area contributed by atoms with Crippen LogP contribution in [0.3, 0.4) is 0 Å². The van der Waals surface area contributed by atoms with Crippen molar-refractivity contribution < 1.29 is 13.9 Å². The number of likely N-dealkylation sites (tertiary alicyclic amines) is 1. The number of fused-ring (bicyclic) bond motifs is 2. The van der Waals surface area contributed by atoms with Crippen molar-refractivity contribution in [2.75, 3.05) is 39.4 Å². The highest BCUT2D eigenvalue weighted by Gasteiger charge is 2.32. The number of halogens is 1. The Kier molecular flexibility index (Phi) is 6.20. The minimum absolute atomic E-state index is 0.0290. The number of ether oxygens (including phenoxy) is 1. The summed E-state index contributed by atoms with van der Waals surface area (Å²) in [6, 6.07) is 6.84. The van der Waals surface area contributed by atoms with Crippen LogP contribution in [0.15, 0.2) is 59.8 Å². The van der Waals surface area contributed by atoms with E-state index in [1.807, 2.05) is 4.90 Å². The third-order valence-corrected chi connectivity index (χ3v) is 8.04. The van der Waals surface area contributed by atoms with Crippen LogP contribution in [-0.4, -0.2) is 72.2 Å². The third-order valence-electron chi connectivity index (χ3n) is 8.04. The summed E-state index contributed by atoms with van der Waals surface area (Å²) in [5.74, 6) is 0.305. The predicted octanol–water partition coefficient (Wildman–Crippen LogP) is 3.99. The molecule has 4 heterocycles. The molecule has 184 valence electrons. The molecule has 1 aliphatic carbocycles. The van der Waals surface area contributed by atoms with E-state index in [2.05, 4.69) is 39.6 Å². The van der Waals surface area contributed by atoms with E-state index in [0.717, 1.165) is 43.4 Å². The van der Waals surface area contributed by atoms with Gasteiger partial charge in [0.2, 0.25) is 0 Å². The van der Waals surface area contributed by atoms with Gasteiger partial charge in [-0.1, -0.05) is 18.2 Å². The van der Waals surface area contributed by atoms with Gasteiger partial charge in [-0.05, 0) is 80.1 Å². The van der Waals surface area contributed by atoms with Crippen molar-refractivity contribution in [3.8, 4) is 0 Å². The Morgan fingerprint density at radius 1 is 1.14 bits per heavy atom. The van der Waals surface area contributed by atoms with Crippen molar-refractivity contribution in [3.05, 3.63) is 71.4 Å². The predicted molar refractivity (Wildman–Crippen MR) is 135 cm³/mol. The van der Waals surface area contributed by atoms with Crippen molar-refractivity contribution in [2.24, 2.45) is 5.92 Å². The van der Waals surface area contributed by atoms with E-state index in [9.17, 15) is 9.18 Å². The van der Waals surface area contributed by atoms with Crippen LogP contribution >= 0.6 is 0 Å². The number of hydrogen-bond donors (Lipinski definition) is 2. The minimum Gasteiger partial charge on any atom is -0.384 e. The Balaban J connectivity index is 1.05. The summed E-state index contributed by atoms with van der Waals surface area (Å²) in [5, 5.41) is 4.28. The Morgan fingerprint density at radius 2 is 2.03 bits per heavy atom. The van der Waals surface area contributed by atoms with Gasteiger partial charge in [0.25, 0.3) is 5.91 Å². The highest BCUT2D eigenvalue weighted by Crippen LogP contribution is 2.36. The Hall–Kier alpha value is -2.90. The molecule has 0 spiro atoms. The number of aromatic amines is 1. The molecule has 0 saturated carbocycles. The van der Waals surface area contributed by atoms with E-state index in [4.69, 9.17) is 4.74 Å². The second kappa shape index (κ2) is 9.63. The number of aromatic nitrogens is 1. The molecule has 6 rings (SSSR count). The number of hydrogen-bond acceptors (Lipinski definition) is 4. The highest BCUT2D eigenvalue weighted by molar-refractivity contribution is 5.98. The molecule has 2 atom stereocenters. The van der Waals surface area contributed by atoms with Crippen molar-refractivity contribution in [1.29, 1.82) is 0 Å². The minimum atomic E-state index is -0.295. The molecule has 0 bridgehead atoms. The van der Waals surface area contributed by atoms with Gasteiger partial charge in [0, 0.05) is 30.2 Å². The first-order valence-corrected chi connectivity index (χ1v) is 12.9. The third kappa shape index (κ3) is 4.55. The summed E-state index contributed by atoms with van der Waals surface area (Å²) in [6.45, 7) is 4.85. The SMILES string of the molecule is O=C(c1cc2cc(F)ccc2[nH]1)N1CCOC[C@H]1CCN1CCC(C2=CNC3CC=CC=C23)CC1. The van der Waals surface area contributed by atoms with Gasteiger partial charge < -0.3 is 24.8 Å². The van der Waals surface area contributed by atoms with Crippen LogP contribution in [0.2, 0.25) is 0 Å². The number of carbonyl (C=O) groups is 1. The zero-order valence-electron chi connectivity index (χ0n) is 20.0. The van der Waals surface area contributed by atoms with E-state index < -0.39 is 0 Å². The lowest BCUT2D eigenvalue weighted by molar-refractivity contribution is -0.00761. The lowest BCUT2D eigenvalue weighted by atomic mass is 9.83. The fraction of sp³-hybridized carbons (Fsp3) is 0.464. The summed E-state index contributed by atoms with van der Waals surface area (Å²) in [6.07, 6.45) is 13.3. The van der Waals surface area contributed by atoms with E-state index in [1.165, 1.54) is 36.1 Å². The summed E-state index contributed by atoms with van der Waals surface area (Å²) < 4.78 is 19.3. The number of nitrogens with one attached hydrogen (secondary N) is 2. The molecule has 4 aliphatic rings. The number of benzene rings is 1. The quantitative estimate of drug-likeness (QED) is 0.685. The van der Waals surface area contributed by atoms with E-state index in [1.54, 1.807) is 12.1 Å². The summed E-state index contributed by atoms with van der Waals surface area (Å²) in [7, 11) is 0. The van der Waals surface area contributed by atoms with Gasteiger partial charge in [0.15, 0.2) is 0 Å². The van der Waals surface area contributed by atoms with Gasteiger partial charge in [-0.3, -0.25) is 4.79 Å². The van der Waals surface area contributed by atoms with Crippen molar-refractivity contribution >= 4 is 16.8 Å². The molecule has 2 N–H and O–H groups in total. The normalized spacial score (nSPS) is 25.3. The molecule has 35 heavy (non-hydrogen) atoms. The number of nitrogens with zero attached hydrogens (tertiary/aromatic N) is 2. The Morgan fingerprint density at radius 3 is 2.91 bits per heavy atom. The molecule has 2 aromatic rings. The maximum absolute atomic E-state index is 13.6. The highest BCUT2D eigenvalue weighted by atomic mass is 19.1.